The van der Waals surface area contributed by atoms with Gasteiger partial charge in [0.2, 0.25) is 11.8 Å². The van der Waals surface area contributed by atoms with Gasteiger partial charge in [-0.2, -0.15) is 0 Å². The Bertz CT molecular complexity index is 1560. The zero-order valence-corrected chi connectivity index (χ0v) is 28.1. The first-order valence-electron chi connectivity index (χ1n) is 14.1. The lowest BCUT2D eigenvalue weighted by molar-refractivity contribution is -0.140. The summed E-state index contributed by atoms with van der Waals surface area (Å²) in [5.74, 6) is -0.187. The van der Waals surface area contributed by atoms with Gasteiger partial charge in [0, 0.05) is 19.2 Å². The van der Waals surface area contributed by atoms with E-state index in [1.165, 1.54) is 37.3 Å². The Kier molecular flexibility index (Phi) is 12.3. The number of benzene rings is 3. The van der Waals surface area contributed by atoms with Crippen LogP contribution in [0.15, 0.2) is 65.6 Å². The van der Waals surface area contributed by atoms with Crippen LogP contribution in [0.2, 0.25) is 10.0 Å². The second-order valence-corrected chi connectivity index (χ2v) is 13.4. The van der Waals surface area contributed by atoms with Crippen molar-refractivity contribution >= 4 is 50.7 Å². The fraction of sp³-hybridized carbons (Fsp3) is 0.375. The summed E-state index contributed by atoms with van der Waals surface area (Å²) in [6.07, 6.45) is 0.282. The predicted molar refractivity (Wildman–Crippen MR) is 174 cm³/mol. The van der Waals surface area contributed by atoms with Gasteiger partial charge in [-0.15, -0.1) is 0 Å². The monoisotopic (exact) mass is 663 g/mol. The zero-order valence-electron chi connectivity index (χ0n) is 25.8. The number of nitrogens with zero attached hydrogens (tertiary/aromatic N) is 2. The number of aryl methyl sites for hydroxylation is 1. The van der Waals surface area contributed by atoms with Crippen LogP contribution in [-0.4, -0.2) is 58.5 Å². The highest BCUT2D eigenvalue weighted by atomic mass is 35.5. The average Bonchev–Trinajstić information content (AvgIpc) is 3.00. The molecule has 0 radical (unpaired) electrons. The van der Waals surface area contributed by atoms with E-state index < -0.39 is 28.5 Å². The van der Waals surface area contributed by atoms with Crippen LogP contribution in [0.4, 0.5) is 5.69 Å². The van der Waals surface area contributed by atoms with Crippen LogP contribution in [-0.2, 0) is 26.2 Å². The lowest BCUT2D eigenvalue weighted by Crippen LogP contribution is -2.52. The molecular formula is C32H39Cl2N3O6S. The summed E-state index contributed by atoms with van der Waals surface area (Å²) in [4.78, 5) is 29.1. The number of halogens is 2. The largest absolute Gasteiger partial charge is 0.497 e. The van der Waals surface area contributed by atoms with Crippen molar-refractivity contribution in [2.45, 2.75) is 51.6 Å². The van der Waals surface area contributed by atoms with Crippen LogP contribution in [0.1, 0.15) is 38.3 Å². The van der Waals surface area contributed by atoms with Gasteiger partial charge in [0.05, 0.1) is 34.8 Å². The first kappa shape index (κ1) is 35.0. The van der Waals surface area contributed by atoms with E-state index in [0.717, 1.165) is 9.87 Å². The van der Waals surface area contributed by atoms with Gasteiger partial charge in [-0.1, -0.05) is 67.7 Å². The topological polar surface area (TPSA) is 105 Å². The molecule has 0 fully saturated rings. The van der Waals surface area contributed by atoms with Gasteiger partial charge >= 0.3 is 0 Å². The minimum absolute atomic E-state index is 0.0153. The molecule has 1 N–H and O–H groups in total. The van der Waals surface area contributed by atoms with Gasteiger partial charge in [-0.3, -0.25) is 13.9 Å². The lowest BCUT2D eigenvalue weighted by atomic mass is 10.1. The van der Waals surface area contributed by atoms with E-state index in [1.54, 1.807) is 49.4 Å². The quantitative estimate of drug-likeness (QED) is 0.224. The number of sulfonamides is 1. The lowest BCUT2D eigenvalue weighted by Gasteiger charge is -2.33. The molecule has 0 aromatic heterocycles. The number of hydrogen-bond donors (Lipinski definition) is 1. The van der Waals surface area contributed by atoms with Crippen molar-refractivity contribution in [3.8, 4) is 11.5 Å². The van der Waals surface area contributed by atoms with Gasteiger partial charge < -0.3 is 19.7 Å². The zero-order chi connectivity index (χ0) is 32.6. The van der Waals surface area contributed by atoms with E-state index >= 15 is 0 Å². The molecule has 1 unspecified atom stereocenters. The number of ether oxygens (including phenoxy) is 2. The molecule has 12 heteroatoms. The molecule has 238 valence electrons. The van der Waals surface area contributed by atoms with Crippen LogP contribution >= 0.6 is 23.2 Å². The standard InChI is InChI=1S/C32H39Cl2N3O6S/c1-7-28(32(39)35-18-21(2)3)36(19-23-10-14-26(33)27(34)16-23)31(38)20-37(29-17-24(42-5)11-15-30(29)43-6)44(40,41)25-12-8-22(4)9-13-25/h8-17,21,28H,7,18-20H2,1-6H3,(H,35,39). The molecule has 1 atom stereocenters. The first-order chi connectivity index (χ1) is 20.8. The molecule has 9 nitrogen and oxygen atoms in total. The van der Waals surface area contributed by atoms with Crippen molar-refractivity contribution in [2.75, 3.05) is 31.6 Å². The van der Waals surface area contributed by atoms with Gasteiger partial charge in [-0.25, -0.2) is 8.42 Å². The van der Waals surface area contributed by atoms with Crippen molar-refractivity contribution in [2.24, 2.45) is 5.92 Å². The van der Waals surface area contributed by atoms with Crippen LogP contribution in [0.5, 0.6) is 11.5 Å². The number of carbonyl (C=O) groups excluding carboxylic acids is 2. The maximum absolute atomic E-state index is 14.3. The van der Waals surface area contributed by atoms with E-state index in [9.17, 15) is 18.0 Å². The number of hydrogen-bond acceptors (Lipinski definition) is 6. The number of carbonyl (C=O) groups is 2. The third-order valence-corrected chi connectivity index (χ3v) is 9.46. The molecule has 3 rings (SSSR count). The maximum Gasteiger partial charge on any atom is 0.264 e. The second-order valence-electron chi connectivity index (χ2n) is 10.7. The molecule has 3 aromatic carbocycles. The van der Waals surface area contributed by atoms with E-state index in [2.05, 4.69) is 5.32 Å². The summed E-state index contributed by atoms with van der Waals surface area (Å²) in [5.41, 5.74) is 1.60. The molecule has 2 amide bonds. The van der Waals surface area contributed by atoms with Crippen molar-refractivity contribution in [3.63, 3.8) is 0 Å². The molecule has 0 aliphatic rings. The fourth-order valence-corrected chi connectivity index (χ4v) is 6.26. The Morgan fingerprint density at radius 2 is 1.61 bits per heavy atom. The molecule has 44 heavy (non-hydrogen) atoms. The molecule has 0 aliphatic carbocycles. The molecule has 0 saturated heterocycles. The highest BCUT2D eigenvalue weighted by Crippen LogP contribution is 2.36. The van der Waals surface area contributed by atoms with Gasteiger partial charge in [-0.05, 0) is 61.2 Å². The third-order valence-electron chi connectivity index (χ3n) is 6.95. The molecule has 3 aromatic rings. The number of amides is 2. The minimum Gasteiger partial charge on any atom is -0.497 e. The van der Waals surface area contributed by atoms with Gasteiger partial charge in [0.1, 0.15) is 24.1 Å². The maximum atomic E-state index is 14.3. The van der Waals surface area contributed by atoms with E-state index in [-0.39, 0.29) is 41.1 Å². The summed E-state index contributed by atoms with van der Waals surface area (Å²) in [6.45, 7) is 7.34. The van der Waals surface area contributed by atoms with E-state index in [0.29, 0.717) is 27.9 Å². The average molecular weight is 665 g/mol. The Labute approximate surface area is 270 Å². The van der Waals surface area contributed by atoms with Crippen molar-refractivity contribution < 1.29 is 27.5 Å². The van der Waals surface area contributed by atoms with Crippen LogP contribution < -0.4 is 19.1 Å². The minimum atomic E-state index is -4.31. The summed E-state index contributed by atoms with van der Waals surface area (Å²) in [7, 11) is -1.44. The molecular weight excluding hydrogens is 625 g/mol. The van der Waals surface area contributed by atoms with Crippen LogP contribution in [0, 0.1) is 12.8 Å². The second kappa shape index (κ2) is 15.5. The van der Waals surface area contributed by atoms with Crippen molar-refractivity contribution in [1.29, 1.82) is 0 Å². The van der Waals surface area contributed by atoms with Crippen molar-refractivity contribution in [1.82, 2.24) is 10.2 Å². The fourth-order valence-electron chi connectivity index (χ4n) is 4.52. The molecule has 0 bridgehead atoms. The molecule has 0 aliphatic heterocycles. The van der Waals surface area contributed by atoms with E-state index in [1.807, 2.05) is 20.8 Å². The molecule has 0 saturated carbocycles. The summed E-state index contributed by atoms with van der Waals surface area (Å²) < 4.78 is 40.3. The van der Waals surface area contributed by atoms with Gasteiger partial charge in [0.25, 0.3) is 10.0 Å². The smallest absolute Gasteiger partial charge is 0.264 e. The third kappa shape index (κ3) is 8.58. The first-order valence-corrected chi connectivity index (χ1v) is 16.3. The Morgan fingerprint density at radius 3 is 2.18 bits per heavy atom. The van der Waals surface area contributed by atoms with Crippen LogP contribution in [0.3, 0.4) is 0 Å². The van der Waals surface area contributed by atoms with Crippen molar-refractivity contribution in [3.05, 3.63) is 81.8 Å². The highest BCUT2D eigenvalue weighted by molar-refractivity contribution is 7.92. The normalized spacial score (nSPS) is 12.0. The number of nitrogens with one attached hydrogen (secondary N) is 1. The number of methoxy groups -OCH3 is 2. The Balaban J connectivity index is 2.15. The predicted octanol–water partition coefficient (Wildman–Crippen LogP) is 6.09. The summed E-state index contributed by atoms with van der Waals surface area (Å²) in [5, 5.41) is 3.54. The molecule has 0 spiro atoms. The number of rotatable bonds is 14. The summed E-state index contributed by atoms with van der Waals surface area (Å²) >= 11 is 12.4. The SMILES string of the molecule is CCC(C(=O)NCC(C)C)N(Cc1ccc(Cl)c(Cl)c1)C(=O)CN(c1cc(OC)ccc1OC)S(=O)(=O)c1ccc(C)cc1. The van der Waals surface area contributed by atoms with Gasteiger partial charge in [0.15, 0.2) is 0 Å². The Morgan fingerprint density at radius 1 is 0.932 bits per heavy atom. The highest BCUT2D eigenvalue weighted by Gasteiger charge is 2.35. The van der Waals surface area contributed by atoms with E-state index in [4.69, 9.17) is 32.7 Å². The number of anilines is 1. The Hall–Kier alpha value is -3.47. The van der Waals surface area contributed by atoms with Crippen LogP contribution in [0.25, 0.3) is 0 Å². The molecule has 0 heterocycles. The summed E-state index contributed by atoms with van der Waals surface area (Å²) in [6, 6.07) is 15.1.